The Morgan fingerprint density at radius 2 is 2.06 bits per heavy atom. The normalized spacial score (nSPS) is 13.5. The fourth-order valence-electron chi connectivity index (χ4n) is 3.61. The number of nitrogens with zero attached hydrogens (tertiary/aromatic N) is 5. The first kappa shape index (κ1) is 20.1. The summed E-state index contributed by atoms with van der Waals surface area (Å²) in [7, 11) is 0. The van der Waals surface area contributed by atoms with E-state index in [1.54, 1.807) is 41.0 Å². The zero-order valence-corrected chi connectivity index (χ0v) is 17.8. The molecule has 0 aliphatic carbocycles. The van der Waals surface area contributed by atoms with E-state index < -0.39 is 0 Å². The summed E-state index contributed by atoms with van der Waals surface area (Å²) in [6.07, 6.45) is 1.70. The number of benzene rings is 1. The number of pyridine rings is 1. The highest BCUT2D eigenvalue weighted by molar-refractivity contribution is 6.29. The van der Waals surface area contributed by atoms with Crippen LogP contribution in [0.3, 0.4) is 0 Å². The molecule has 4 heterocycles. The molecular weight excluding hydrogens is 428 g/mol. The molecule has 1 aromatic carbocycles. The smallest absolute Gasteiger partial charge is 0.270 e. The molecule has 9 heteroatoms. The predicted molar refractivity (Wildman–Crippen MR) is 118 cm³/mol. The monoisotopic (exact) mass is 444 g/mol. The summed E-state index contributed by atoms with van der Waals surface area (Å²) in [5.41, 5.74) is 4.89. The van der Waals surface area contributed by atoms with Crippen molar-refractivity contribution in [3.05, 3.63) is 70.8 Å². The van der Waals surface area contributed by atoms with Gasteiger partial charge in [0.25, 0.3) is 5.91 Å². The van der Waals surface area contributed by atoms with Crippen LogP contribution in [0.2, 0.25) is 5.15 Å². The van der Waals surface area contributed by atoms with E-state index in [-0.39, 0.29) is 17.6 Å². The van der Waals surface area contributed by atoms with Gasteiger partial charge in [-0.1, -0.05) is 23.7 Å². The molecule has 0 radical (unpaired) electrons. The molecule has 0 unspecified atom stereocenters. The van der Waals surface area contributed by atoms with Crippen LogP contribution in [0.4, 0.5) is 0 Å². The highest BCUT2D eigenvalue weighted by atomic mass is 35.5. The van der Waals surface area contributed by atoms with Crippen LogP contribution in [-0.2, 0) is 4.74 Å². The number of hydrogen-bond acceptors (Lipinski definition) is 6. The molecule has 0 bridgehead atoms. The lowest BCUT2D eigenvalue weighted by atomic mass is 10.00. The summed E-state index contributed by atoms with van der Waals surface area (Å²) in [6.45, 7) is 2.85. The van der Waals surface area contributed by atoms with Crippen LogP contribution in [0.15, 0.2) is 48.7 Å². The number of hydrogen-bond donors (Lipinski definition) is 1. The maximum absolute atomic E-state index is 12.7. The Balaban J connectivity index is 1.71. The molecule has 0 spiro atoms. The molecule has 1 aliphatic rings. The Morgan fingerprint density at radius 3 is 2.78 bits per heavy atom. The van der Waals surface area contributed by atoms with Crippen LogP contribution in [0.1, 0.15) is 21.7 Å². The molecule has 8 nitrogen and oxygen atoms in total. The maximum atomic E-state index is 12.7. The third kappa shape index (κ3) is 3.68. The van der Waals surface area contributed by atoms with E-state index in [4.69, 9.17) is 21.4 Å². The summed E-state index contributed by atoms with van der Waals surface area (Å²) in [5, 5.41) is 17.3. The van der Waals surface area contributed by atoms with Gasteiger partial charge in [-0.15, -0.1) is 0 Å². The van der Waals surface area contributed by atoms with Crippen molar-refractivity contribution >= 4 is 23.2 Å². The minimum atomic E-state index is -0.273. The molecule has 158 valence electrons. The Hall–Kier alpha value is -3.80. The Kier molecular flexibility index (Phi) is 5.05. The fraction of sp³-hybridized carbons (Fsp3) is 0.174. The van der Waals surface area contributed by atoms with Gasteiger partial charge in [-0.25, -0.2) is 14.5 Å². The molecule has 1 fully saturated rings. The zero-order valence-electron chi connectivity index (χ0n) is 17.0. The molecule has 1 amide bonds. The van der Waals surface area contributed by atoms with Crippen LogP contribution in [0.25, 0.3) is 28.0 Å². The van der Waals surface area contributed by atoms with Gasteiger partial charge >= 0.3 is 0 Å². The van der Waals surface area contributed by atoms with Crippen molar-refractivity contribution in [2.45, 2.75) is 13.0 Å². The summed E-state index contributed by atoms with van der Waals surface area (Å²) >= 11 is 6.25. The summed E-state index contributed by atoms with van der Waals surface area (Å²) < 4.78 is 6.74. The molecule has 1 aliphatic heterocycles. The van der Waals surface area contributed by atoms with Crippen molar-refractivity contribution < 1.29 is 9.53 Å². The molecule has 5 rings (SSSR count). The van der Waals surface area contributed by atoms with Gasteiger partial charge in [-0.2, -0.15) is 10.4 Å². The number of ether oxygens (including phenoxy) is 1. The summed E-state index contributed by atoms with van der Waals surface area (Å²) in [5.74, 6) is -0.273. The molecular formula is C23H17ClN6O2. The van der Waals surface area contributed by atoms with Crippen molar-refractivity contribution in [1.82, 2.24) is 24.9 Å². The standard InChI is InChI=1S/C23H17ClN6O2/c1-13-7-16(9-19(24)26-13)20-21(15-4-2-3-14(8-15)10-25)29-30-6-5-18(28-22(20)30)23(31)27-17-11-32-12-17/h2-9,17H,11-12H2,1H3,(H,27,31). The number of fused-ring (bicyclic) bond motifs is 1. The maximum Gasteiger partial charge on any atom is 0.270 e. The second-order valence-electron chi connectivity index (χ2n) is 7.52. The van der Waals surface area contributed by atoms with Crippen LogP contribution >= 0.6 is 11.6 Å². The molecule has 32 heavy (non-hydrogen) atoms. The van der Waals surface area contributed by atoms with Gasteiger partial charge < -0.3 is 10.1 Å². The van der Waals surface area contributed by atoms with Crippen LogP contribution in [0.5, 0.6) is 0 Å². The van der Waals surface area contributed by atoms with Crippen molar-refractivity contribution in [3.63, 3.8) is 0 Å². The summed E-state index contributed by atoms with van der Waals surface area (Å²) in [4.78, 5) is 21.6. The second-order valence-corrected chi connectivity index (χ2v) is 7.91. The van der Waals surface area contributed by atoms with Gasteiger partial charge in [0, 0.05) is 17.5 Å². The largest absolute Gasteiger partial charge is 0.377 e. The lowest BCUT2D eigenvalue weighted by molar-refractivity contribution is -0.00354. The topological polar surface area (TPSA) is 105 Å². The van der Waals surface area contributed by atoms with Gasteiger partial charge in [0.05, 0.1) is 36.5 Å². The Bertz CT molecular complexity index is 1380. The summed E-state index contributed by atoms with van der Waals surface area (Å²) in [6, 6.07) is 14.6. The third-order valence-electron chi connectivity index (χ3n) is 5.17. The van der Waals surface area contributed by atoms with Gasteiger partial charge in [0.15, 0.2) is 5.65 Å². The minimum absolute atomic E-state index is 0.00385. The Labute approximate surface area is 188 Å². The Morgan fingerprint density at radius 1 is 1.22 bits per heavy atom. The van der Waals surface area contributed by atoms with Crippen LogP contribution in [0, 0.1) is 18.3 Å². The van der Waals surface area contributed by atoms with E-state index in [1.165, 1.54) is 0 Å². The average molecular weight is 445 g/mol. The number of amides is 1. The van der Waals surface area contributed by atoms with E-state index in [2.05, 4.69) is 21.4 Å². The van der Waals surface area contributed by atoms with Crippen molar-refractivity contribution in [2.75, 3.05) is 13.2 Å². The van der Waals surface area contributed by atoms with Crippen LogP contribution < -0.4 is 5.32 Å². The number of halogens is 1. The number of nitriles is 1. The van der Waals surface area contributed by atoms with E-state index >= 15 is 0 Å². The number of aromatic nitrogens is 4. The van der Waals surface area contributed by atoms with Crippen molar-refractivity contribution in [2.24, 2.45) is 0 Å². The average Bonchev–Trinajstić information content (AvgIpc) is 3.14. The third-order valence-corrected chi connectivity index (χ3v) is 5.36. The number of carbonyl (C=O) groups is 1. The van der Waals surface area contributed by atoms with E-state index in [0.29, 0.717) is 40.8 Å². The van der Waals surface area contributed by atoms with Gasteiger partial charge in [-0.05, 0) is 42.8 Å². The quantitative estimate of drug-likeness (QED) is 0.483. The predicted octanol–water partition coefficient (Wildman–Crippen LogP) is 3.42. The highest BCUT2D eigenvalue weighted by Crippen LogP contribution is 2.36. The van der Waals surface area contributed by atoms with Gasteiger partial charge in [0.2, 0.25) is 0 Å². The molecule has 0 saturated carbocycles. The van der Waals surface area contributed by atoms with E-state index in [1.807, 2.05) is 19.1 Å². The van der Waals surface area contributed by atoms with Crippen molar-refractivity contribution in [3.8, 4) is 28.5 Å². The first-order chi connectivity index (χ1) is 15.5. The molecule has 0 atom stereocenters. The van der Waals surface area contributed by atoms with Crippen molar-refractivity contribution in [1.29, 1.82) is 5.26 Å². The number of carbonyl (C=O) groups excluding carboxylic acids is 1. The molecule has 1 saturated heterocycles. The molecule has 3 aromatic heterocycles. The second kappa shape index (κ2) is 8.04. The number of nitrogens with one attached hydrogen (secondary N) is 1. The van der Waals surface area contributed by atoms with Crippen LogP contribution in [-0.4, -0.2) is 44.7 Å². The molecule has 1 N–H and O–H groups in total. The minimum Gasteiger partial charge on any atom is -0.377 e. The first-order valence-electron chi connectivity index (χ1n) is 9.95. The fourth-order valence-corrected chi connectivity index (χ4v) is 3.86. The van der Waals surface area contributed by atoms with Gasteiger partial charge in [-0.3, -0.25) is 4.79 Å². The van der Waals surface area contributed by atoms with Gasteiger partial charge in [0.1, 0.15) is 16.5 Å². The molecule has 4 aromatic rings. The van der Waals surface area contributed by atoms with E-state index in [9.17, 15) is 10.1 Å². The zero-order chi connectivity index (χ0) is 22.2. The SMILES string of the molecule is Cc1cc(-c2c(-c3cccc(C#N)c3)nn3ccc(C(=O)NC4COC4)nc23)cc(Cl)n1. The number of aryl methyl sites for hydroxylation is 1. The highest BCUT2D eigenvalue weighted by Gasteiger charge is 2.24. The van der Waals surface area contributed by atoms with E-state index in [0.717, 1.165) is 16.8 Å². The number of rotatable bonds is 4. The first-order valence-corrected chi connectivity index (χ1v) is 10.3. The lowest BCUT2D eigenvalue weighted by Crippen LogP contribution is -2.48. The lowest BCUT2D eigenvalue weighted by Gasteiger charge is -2.26.